The van der Waals surface area contributed by atoms with Crippen LogP contribution in [-0.2, 0) is 9.53 Å². The minimum atomic E-state index is 0. The number of amides is 1. The van der Waals surface area contributed by atoms with E-state index in [-0.39, 0.29) is 24.4 Å². The van der Waals surface area contributed by atoms with Crippen LogP contribution < -0.4 is 15.4 Å². The molecule has 0 aromatic heterocycles. The highest BCUT2D eigenvalue weighted by Gasteiger charge is 2.16. The van der Waals surface area contributed by atoms with Crippen molar-refractivity contribution in [1.29, 1.82) is 0 Å². The highest BCUT2D eigenvalue weighted by Crippen LogP contribution is 2.15. The van der Waals surface area contributed by atoms with E-state index in [2.05, 4.69) is 16.7 Å². The maximum absolute atomic E-state index is 11.8. The highest BCUT2D eigenvalue weighted by atomic mass is 35.5. The van der Waals surface area contributed by atoms with E-state index in [1.807, 2.05) is 26.0 Å². The molecule has 0 aliphatic carbocycles. The molecule has 0 radical (unpaired) electrons. The molecule has 0 saturated carbocycles. The number of carbonyl (C=O) groups is 1. The smallest absolute Gasteiger partial charge is 0.221 e. The first-order chi connectivity index (χ1) is 10.1. The summed E-state index contributed by atoms with van der Waals surface area (Å²) in [4.78, 5) is 11.8. The lowest BCUT2D eigenvalue weighted by atomic mass is 10.1. The zero-order valence-electron chi connectivity index (χ0n) is 13.2. The lowest BCUT2D eigenvalue weighted by Gasteiger charge is -2.23. The van der Waals surface area contributed by atoms with Gasteiger partial charge in [0.1, 0.15) is 12.4 Å². The van der Waals surface area contributed by atoms with Gasteiger partial charge >= 0.3 is 0 Å². The third-order valence-corrected chi connectivity index (χ3v) is 3.32. The fourth-order valence-corrected chi connectivity index (χ4v) is 2.42. The molecular formula is C16H25ClN2O3. The third-order valence-electron chi connectivity index (χ3n) is 3.32. The summed E-state index contributed by atoms with van der Waals surface area (Å²) in [6, 6.07) is 6.23. The molecule has 22 heavy (non-hydrogen) atoms. The average Bonchev–Trinajstić information content (AvgIpc) is 2.44. The maximum atomic E-state index is 11.8. The minimum Gasteiger partial charge on any atom is -0.492 e. The van der Waals surface area contributed by atoms with Gasteiger partial charge in [-0.1, -0.05) is 6.07 Å². The van der Waals surface area contributed by atoms with Crippen LogP contribution >= 0.6 is 12.4 Å². The lowest BCUT2D eigenvalue weighted by molar-refractivity contribution is -0.122. The van der Waals surface area contributed by atoms with Crippen LogP contribution in [0.3, 0.4) is 0 Å². The van der Waals surface area contributed by atoms with Crippen LogP contribution in [0.25, 0.3) is 0 Å². The maximum Gasteiger partial charge on any atom is 0.221 e. The number of hydrogen-bond acceptors (Lipinski definition) is 4. The number of carbonyl (C=O) groups excluding carboxylic acids is 1. The van der Waals surface area contributed by atoms with Crippen LogP contribution in [0.5, 0.6) is 5.75 Å². The Morgan fingerprint density at radius 2 is 2.09 bits per heavy atom. The summed E-state index contributed by atoms with van der Waals surface area (Å²) in [6.45, 7) is 7.21. The Balaban J connectivity index is 0.00000242. The molecule has 5 nitrogen and oxygen atoms in total. The first-order valence-electron chi connectivity index (χ1n) is 7.42. The molecular weight excluding hydrogens is 304 g/mol. The van der Waals surface area contributed by atoms with Crippen LogP contribution in [-0.4, -0.2) is 44.9 Å². The van der Waals surface area contributed by atoms with Gasteiger partial charge in [0.05, 0.1) is 19.8 Å². The van der Waals surface area contributed by atoms with E-state index >= 15 is 0 Å². The van der Waals surface area contributed by atoms with Crippen molar-refractivity contribution in [2.75, 3.05) is 32.9 Å². The van der Waals surface area contributed by atoms with E-state index < -0.39 is 0 Å². The summed E-state index contributed by atoms with van der Waals surface area (Å²) in [5.41, 5.74) is 2.36. The van der Waals surface area contributed by atoms with Gasteiger partial charge in [0, 0.05) is 19.0 Å². The molecule has 1 unspecified atom stereocenters. The average molecular weight is 329 g/mol. The van der Waals surface area contributed by atoms with Crippen LogP contribution in [0, 0.1) is 13.8 Å². The molecule has 124 valence electrons. The lowest BCUT2D eigenvalue weighted by Crippen LogP contribution is -2.44. The van der Waals surface area contributed by atoms with Gasteiger partial charge in [0.25, 0.3) is 0 Å². The van der Waals surface area contributed by atoms with Gasteiger partial charge in [-0.05, 0) is 37.1 Å². The van der Waals surface area contributed by atoms with Gasteiger partial charge in [0.15, 0.2) is 0 Å². The Bertz CT molecular complexity index is 456. The fourth-order valence-electron chi connectivity index (χ4n) is 2.42. The molecule has 1 aromatic carbocycles. The van der Waals surface area contributed by atoms with Gasteiger partial charge < -0.3 is 20.1 Å². The van der Waals surface area contributed by atoms with Crippen LogP contribution in [0.4, 0.5) is 0 Å². The van der Waals surface area contributed by atoms with E-state index in [1.54, 1.807) is 0 Å². The number of hydrogen-bond donors (Lipinski definition) is 2. The summed E-state index contributed by atoms with van der Waals surface area (Å²) < 4.78 is 11.0. The normalized spacial score (nSPS) is 17.5. The van der Waals surface area contributed by atoms with Crippen molar-refractivity contribution in [3.8, 4) is 5.75 Å². The summed E-state index contributed by atoms with van der Waals surface area (Å²) >= 11 is 0. The topological polar surface area (TPSA) is 59.6 Å². The Hall–Kier alpha value is -1.30. The molecule has 0 spiro atoms. The fraction of sp³-hybridized carbons (Fsp3) is 0.562. The van der Waals surface area contributed by atoms with Crippen molar-refractivity contribution in [3.63, 3.8) is 0 Å². The van der Waals surface area contributed by atoms with Crippen LogP contribution in [0.15, 0.2) is 18.2 Å². The summed E-state index contributed by atoms with van der Waals surface area (Å²) in [7, 11) is 0. The van der Waals surface area contributed by atoms with Crippen molar-refractivity contribution < 1.29 is 14.3 Å². The van der Waals surface area contributed by atoms with Crippen LogP contribution in [0.2, 0.25) is 0 Å². The number of halogens is 1. The zero-order valence-corrected chi connectivity index (χ0v) is 14.0. The van der Waals surface area contributed by atoms with Crippen molar-refractivity contribution >= 4 is 18.3 Å². The summed E-state index contributed by atoms with van der Waals surface area (Å²) in [5, 5.41) is 6.13. The van der Waals surface area contributed by atoms with Gasteiger partial charge in [-0.3, -0.25) is 4.79 Å². The molecule has 1 heterocycles. The number of aryl methyl sites for hydroxylation is 2. The molecule has 1 aromatic rings. The monoisotopic (exact) mass is 328 g/mol. The quantitative estimate of drug-likeness (QED) is 0.779. The highest BCUT2D eigenvalue weighted by molar-refractivity contribution is 5.85. The molecule has 1 atom stereocenters. The molecule has 1 aliphatic heterocycles. The van der Waals surface area contributed by atoms with Crippen molar-refractivity contribution in [3.05, 3.63) is 29.3 Å². The van der Waals surface area contributed by atoms with Gasteiger partial charge in [0.2, 0.25) is 5.91 Å². The largest absolute Gasteiger partial charge is 0.492 e. The van der Waals surface area contributed by atoms with Gasteiger partial charge in [-0.25, -0.2) is 0 Å². The molecule has 6 heteroatoms. The Morgan fingerprint density at radius 3 is 2.73 bits per heavy atom. The molecule has 1 saturated heterocycles. The SMILES string of the molecule is Cc1cc(C)cc(OCCNC(=O)CC2COCCN2)c1.Cl. The second-order valence-corrected chi connectivity index (χ2v) is 5.45. The van der Waals surface area contributed by atoms with E-state index in [1.165, 1.54) is 11.1 Å². The third kappa shape index (κ3) is 6.64. The van der Waals surface area contributed by atoms with E-state index in [9.17, 15) is 4.79 Å². The molecule has 1 fully saturated rings. The Morgan fingerprint density at radius 1 is 1.36 bits per heavy atom. The Kier molecular flexibility index (Phi) is 8.24. The molecule has 1 amide bonds. The van der Waals surface area contributed by atoms with Crippen molar-refractivity contribution in [2.24, 2.45) is 0 Å². The number of ether oxygens (including phenoxy) is 2. The van der Waals surface area contributed by atoms with Crippen molar-refractivity contribution in [1.82, 2.24) is 10.6 Å². The number of benzene rings is 1. The van der Waals surface area contributed by atoms with Crippen LogP contribution in [0.1, 0.15) is 17.5 Å². The summed E-state index contributed by atoms with van der Waals surface area (Å²) in [5.74, 6) is 0.881. The predicted molar refractivity (Wildman–Crippen MR) is 88.9 cm³/mol. The standard InChI is InChI=1S/C16H24N2O3.ClH/c1-12-7-13(2)9-15(8-12)21-6-4-18-16(19)10-14-11-20-5-3-17-14;/h7-9,14,17H,3-6,10-11H2,1-2H3,(H,18,19);1H. The first kappa shape index (κ1) is 18.7. The zero-order chi connectivity index (χ0) is 15.1. The molecule has 1 aliphatic rings. The Labute approximate surface area is 138 Å². The first-order valence-corrected chi connectivity index (χ1v) is 7.42. The second kappa shape index (κ2) is 9.66. The molecule has 2 rings (SSSR count). The number of rotatable bonds is 6. The number of morpholine rings is 1. The second-order valence-electron chi connectivity index (χ2n) is 5.45. The van der Waals surface area contributed by atoms with E-state index in [4.69, 9.17) is 9.47 Å². The minimum absolute atomic E-state index is 0. The number of nitrogens with one attached hydrogen (secondary N) is 2. The molecule has 0 bridgehead atoms. The summed E-state index contributed by atoms with van der Waals surface area (Å²) in [6.07, 6.45) is 0.448. The predicted octanol–water partition coefficient (Wildman–Crippen LogP) is 1.60. The van der Waals surface area contributed by atoms with E-state index in [0.717, 1.165) is 18.9 Å². The van der Waals surface area contributed by atoms with Gasteiger partial charge in [-0.15, -0.1) is 12.4 Å². The van der Waals surface area contributed by atoms with E-state index in [0.29, 0.717) is 26.2 Å². The molecule has 2 N–H and O–H groups in total. The van der Waals surface area contributed by atoms with Gasteiger partial charge in [-0.2, -0.15) is 0 Å². The van der Waals surface area contributed by atoms with Crippen molar-refractivity contribution in [2.45, 2.75) is 26.3 Å².